The smallest absolute Gasteiger partial charge is 0.0936 e. The monoisotopic (exact) mass is 281 g/mol. The Morgan fingerprint density at radius 2 is 1.45 bits per heavy atom. The first-order valence-electron chi connectivity index (χ1n) is 6.80. The molecule has 0 aliphatic heterocycles. The van der Waals surface area contributed by atoms with Crippen molar-refractivity contribution in [3.63, 3.8) is 0 Å². The third-order valence-electron chi connectivity index (χ3n) is 3.64. The van der Waals surface area contributed by atoms with Gasteiger partial charge < -0.3 is 0 Å². The van der Waals surface area contributed by atoms with Gasteiger partial charge in [-0.15, -0.1) is 0 Å². The first-order chi connectivity index (χ1) is 9.75. The molecule has 1 unspecified atom stereocenters. The van der Waals surface area contributed by atoms with E-state index < -0.39 is 9.93 Å². The summed E-state index contributed by atoms with van der Waals surface area (Å²) in [4.78, 5) is 1.86. The number of hydrogen-bond donors (Lipinski definition) is 0. The Morgan fingerprint density at radius 3 is 2.20 bits per heavy atom. The fourth-order valence-electron chi connectivity index (χ4n) is 2.57. The topological polar surface area (TPSA) is 17.1 Å². The van der Waals surface area contributed by atoms with Crippen molar-refractivity contribution in [1.82, 2.24) is 0 Å². The van der Waals surface area contributed by atoms with Crippen molar-refractivity contribution in [2.24, 2.45) is 0 Å². The van der Waals surface area contributed by atoms with E-state index >= 15 is 0 Å². The van der Waals surface area contributed by atoms with Crippen molar-refractivity contribution >= 4 is 20.7 Å². The highest BCUT2D eigenvalue weighted by atomic mass is 32.2. The Labute approximate surface area is 120 Å². The van der Waals surface area contributed by atoms with Crippen molar-refractivity contribution in [3.8, 4) is 0 Å². The fraction of sp³-hybridized carbons (Fsp3) is 0.111. The molecule has 3 aromatic rings. The SMILES string of the molecule is CC[S+](=O)(c1ccccc1)c1cccc2ccccc12. The zero-order chi connectivity index (χ0) is 14.0. The van der Waals surface area contributed by atoms with E-state index in [1.54, 1.807) is 0 Å². The number of rotatable bonds is 3. The van der Waals surface area contributed by atoms with E-state index in [2.05, 4.69) is 18.2 Å². The molecule has 0 radical (unpaired) electrons. The Morgan fingerprint density at radius 1 is 0.800 bits per heavy atom. The predicted octanol–water partition coefficient (Wildman–Crippen LogP) is 4.78. The second kappa shape index (κ2) is 5.22. The number of fused-ring (bicyclic) bond motifs is 1. The van der Waals surface area contributed by atoms with Gasteiger partial charge in [0.25, 0.3) is 0 Å². The van der Waals surface area contributed by atoms with Crippen LogP contribution in [-0.2, 0) is 14.1 Å². The van der Waals surface area contributed by atoms with E-state index in [0.29, 0.717) is 5.75 Å². The summed E-state index contributed by atoms with van der Waals surface area (Å²) in [6.07, 6.45) is 0. The predicted molar refractivity (Wildman–Crippen MR) is 85.5 cm³/mol. The lowest BCUT2D eigenvalue weighted by atomic mass is 10.1. The van der Waals surface area contributed by atoms with E-state index in [4.69, 9.17) is 0 Å². The van der Waals surface area contributed by atoms with Gasteiger partial charge in [-0.1, -0.05) is 52.7 Å². The minimum atomic E-state index is -2.21. The zero-order valence-electron chi connectivity index (χ0n) is 11.5. The number of benzene rings is 3. The van der Waals surface area contributed by atoms with Crippen LogP contribution in [0.2, 0.25) is 0 Å². The van der Waals surface area contributed by atoms with Gasteiger partial charge >= 0.3 is 0 Å². The summed E-state index contributed by atoms with van der Waals surface area (Å²) < 4.78 is 13.6. The quantitative estimate of drug-likeness (QED) is 0.632. The van der Waals surface area contributed by atoms with Crippen LogP contribution in [0.5, 0.6) is 0 Å². The summed E-state index contributed by atoms with van der Waals surface area (Å²) in [5, 5.41) is 2.23. The molecule has 3 rings (SSSR count). The zero-order valence-corrected chi connectivity index (χ0v) is 12.3. The van der Waals surface area contributed by atoms with Crippen LogP contribution >= 0.6 is 0 Å². The highest BCUT2D eigenvalue weighted by Gasteiger charge is 2.33. The average Bonchev–Trinajstić information content (AvgIpc) is 2.54. The average molecular weight is 281 g/mol. The summed E-state index contributed by atoms with van der Waals surface area (Å²) in [5.74, 6) is 0.616. The molecule has 0 saturated heterocycles. The standard InChI is InChI=1S/C18H17OS/c1-2-20(19,16-11-4-3-5-12-16)18-14-8-10-15-9-6-7-13-17(15)18/h3-14H,2H2,1H3/q+1. The third kappa shape index (κ3) is 2.06. The van der Waals surface area contributed by atoms with Crippen LogP contribution in [0.1, 0.15) is 6.92 Å². The molecule has 20 heavy (non-hydrogen) atoms. The van der Waals surface area contributed by atoms with Crippen LogP contribution in [0.4, 0.5) is 0 Å². The summed E-state index contributed by atoms with van der Waals surface area (Å²) in [6, 6.07) is 24.0. The molecular weight excluding hydrogens is 264 g/mol. The lowest BCUT2D eigenvalue weighted by Gasteiger charge is -2.12. The molecule has 3 aromatic carbocycles. The van der Waals surface area contributed by atoms with Gasteiger partial charge in [0.2, 0.25) is 0 Å². The van der Waals surface area contributed by atoms with Crippen molar-refractivity contribution in [2.45, 2.75) is 16.7 Å². The molecule has 1 nitrogen and oxygen atoms in total. The largest absolute Gasteiger partial charge is 0.171 e. The lowest BCUT2D eigenvalue weighted by Crippen LogP contribution is -2.15. The Kier molecular flexibility index (Phi) is 3.41. The van der Waals surface area contributed by atoms with E-state index in [-0.39, 0.29) is 0 Å². The van der Waals surface area contributed by atoms with Gasteiger partial charge in [-0.05, 0) is 36.6 Å². The summed E-state index contributed by atoms with van der Waals surface area (Å²) >= 11 is 0. The van der Waals surface area contributed by atoms with Gasteiger partial charge in [0.15, 0.2) is 9.79 Å². The van der Waals surface area contributed by atoms with Crippen LogP contribution in [-0.4, -0.2) is 5.75 Å². The first kappa shape index (κ1) is 13.1. The molecule has 0 bridgehead atoms. The van der Waals surface area contributed by atoms with Gasteiger partial charge in [0, 0.05) is 5.39 Å². The number of hydrogen-bond acceptors (Lipinski definition) is 1. The highest BCUT2D eigenvalue weighted by Crippen LogP contribution is 2.34. The molecule has 0 aliphatic carbocycles. The van der Waals surface area contributed by atoms with Crippen molar-refractivity contribution < 1.29 is 4.21 Å². The van der Waals surface area contributed by atoms with Gasteiger partial charge in [-0.25, -0.2) is 0 Å². The maximum absolute atomic E-state index is 13.6. The van der Waals surface area contributed by atoms with E-state index in [1.165, 1.54) is 0 Å². The van der Waals surface area contributed by atoms with Crippen LogP contribution < -0.4 is 0 Å². The Bertz CT molecular complexity index is 772. The Balaban J connectivity index is 2.30. The van der Waals surface area contributed by atoms with Gasteiger partial charge in [0.1, 0.15) is 15.7 Å². The second-order valence-corrected chi connectivity index (χ2v) is 7.59. The van der Waals surface area contributed by atoms with Crippen molar-refractivity contribution in [1.29, 1.82) is 0 Å². The van der Waals surface area contributed by atoms with Gasteiger partial charge in [-0.3, -0.25) is 0 Å². The molecule has 0 saturated carbocycles. The molecule has 0 spiro atoms. The van der Waals surface area contributed by atoms with E-state index in [0.717, 1.165) is 20.6 Å². The molecule has 0 amide bonds. The van der Waals surface area contributed by atoms with Gasteiger partial charge in [0.05, 0.1) is 0 Å². The molecule has 1 atom stereocenters. The minimum Gasteiger partial charge on any atom is -0.0936 e. The summed E-state index contributed by atoms with van der Waals surface area (Å²) in [5.41, 5.74) is 0. The first-order valence-corrected chi connectivity index (χ1v) is 8.53. The van der Waals surface area contributed by atoms with E-state index in [9.17, 15) is 4.21 Å². The fourth-order valence-corrected chi connectivity index (χ4v) is 4.91. The Hall–Kier alpha value is -1.93. The molecule has 0 N–H and O–H groups in total. The summed E-state index contributed by atoms with van der Waals surface area (Å²) in [7, 11) is -2.21. The molecule has 100 valence electrons. The third-order valence-corrected chi connectivity index (χ3v) is 6.55. The summed E-state index contributed by atoms with van der Waals surface area (Å²) in [6.45, 7) is 2.00. The maximum Gasteiger partial charge on any atom is 0.171 e. The maximum atomic E-state index is 13.6. The van der Waals surface area contributed by atoms with E-state index in [1.807, 2.05) is 61.5 Å². The van der Waals surface area contributed by atoms with Crippen LogP contribution in [0.25, 0.3) is 10.8 Å². The molecule has 2 heteroatoms. The van der Waals surface area contributed by atoms with Crippen molar-refractivity contribution in [2.75, 3.05) is 5.75 Å². The second-order valence-electron chi connectivity index (χ2n) is 4.75. The highest BCUT2D eigenvalue weighted by molar-refractivity contribution is 8.03. The van der Waals surface area contributed by atoms with Crippen LogP contribution in [0.3, 0.4) is 0 Å². The van der Waals surface area contributed by atoms with Crippen LogP contribution in [0.15, 0.2) is 82.6 Å². The minimum absolute atomic E-state index is 0.616. The molecule has 0 fully saturated rings. The van der Waals surface area contributed by atoms with Crippen molar-refractivity contribution in [3.05, 3.63) is 72.8 Å². The van der Waals surface area contributed by atoms with Crippen LogP contribution in [0, 0.1) is 0 Å². The van der Waals surface area contributed by atoms with Gasteiger partial charge in [-0.2, -0.15) is 0 Å². The molecule has 0 aromatic heterocycles. The normalized spacial score (nSPS) is 14.1. The molecular formula is C18H17OS+. The lowest BCUT2D eigenvalue weighted by molar-refractivity contribution is 0.585. The molecule has 0 aliphatic rings. The molecule has 0 heterocycles.